The third kappa shape index (κ3) is 3.94. The van der Waals surface area contributed by atoms with E-state index in [0.29, 0.717) is 17.9 Å². The van der Waals surface area contributed by atoms with Crippen LogP contribution in [0.25, 0.3) is 5.69 Å². The standard InChI is InChI=1S/C21H22N2O3/c1-4-25-20-8-6-5-7-19(20)21(24)26-14-17-9-11-18(12-10-17)23-16(3)13-15(2)22-23/h5-13H,4,14H2,1-3H3. The van der Waals surface area contributed by atoms with Crippen LogP contribution in [0.4, 0.5) is 0 Å². The van der Waals surface area contributed by atoms with Crippen LogP contribution >= 0.6 is 0 Å². The molecule has 0 saturated carbocycles. The molecule has 3 aromatic rings. The lowest BCUT2D eigenvalue weighted by Gasteiger charge is -2.10. The summed E-state index contributed by atoms with van der Waals surface area (Å²) >= 11 is 0. The van der Waals surface area contributed by atoms with Crippen LogP contribution in [0, 0.1) is 13.8 Å². The van der Waals surface area contributed by atoms with Gasteiger partial charge in [0, 0.05) is 5.69 Å². The first-order valence-corrected chi connectivity index (χ1v) is 8.60. The van der Waals surface area contributed by atoms with Gasteiger partial charge in [0.2, 0.25) is 0 Å². The number of rotatable bonds is 6. The molecule has 0 aliphatic carbocycles. The molecular formula is C21H22N2O3. The molecule has 0 amide bonds. The molecule has 2 aromatic carbocycles. The minimum Gasteiger partial charge on any atom is -0.493 e. The van der Waals surface area contributed by atoms with Crippen molar-refractivity contribution in [2.45, 2.75) is 27.4 Å². The highest BCUT2D eigenvalue weighted by molar-refractivity contribution is 5.92. The average molecular weight is 350 g/mol. The fourth-order valence-corrected chi connectivity index (χ4v) is 2.77. The molecule has 0 bridgehead atoms. The van der Waals surface area contributed by atoms with Gasteiger partial charge in [0.05, 0.1) is 18.0 Å². The number of hydrogen-bond donors (Lipinski definition) is 0. The maximum Gasteiger partial charge on any atom is 0.342 e. The summed E-state index contributed by atoms with van der Waals surface area (Å²) in [6.45, 7) is 6.57. The lowest BCUT2D eigenvalue weighted by Crippen LogP contribution is -2.08. The van der Waals surface area contributed by atoms with Gasteiger partial charge in [0.25, 0.3) is 0 Å². The van der Waals surface area contributed by atoms with Crippen molar-refractivity contribution in [3.63, 3.8) is 0 Å². The number of carbonyl (C=O) groups is 1. The van der Waals surface area contributed by atoms with E-state index in [2.05, 4.69) is 5.10 Å². The van der Waals surface area contributed by atoms with Crippen molar-refractivity contribution in [2.24, 2.45) is 0 Å². The summed E-state index contributed by atoms with van der Waals surface area (Å²) < 4.78 is 12.8. The van der Waals surface area contributed by atoms with Gasteiger partial charge in [0.15, 0.2) is 0 Å². The van der Waals surface area contributed by atoms with E-state index in [1.54, 1.807) is 18.2 Å². The van der Waals surface area contributed by atoms with E-state index in [1.165, 1.54) is 0 Å². The minimum absolute atomic E-state index is 0.205. The van der Waals surface area contributed by atoms with Crippen LogP contribution in [-0.4, -0.2) is 22.4 Å². The summed E-state index contributed by atoms with van der Waals surface area (Å²) in [5.41, 5.74) is 4.39. The Morgan fingerprint density at radius 2 is 1.81 bits per heavy atom. The topological polar surface area (TPSA) is 53.4 Å². The molecule has 0 radical (unpaired) electrons. The zero-order chi connectivity index (χ0) is 18.5. The number of carbonyl (C=O) groups excluding carboxylic acids is 1. The predicted octanol–water partition coefficient (Wildman–Crippen LogP) is 4.24. The van der Waals surface area contributed by atoms with Gasteiger partial charge < -0.3 is 9.47 Å². The van der Waals surface area contributed by atoms with Crippen LogP contribution in [0.5, 0.6) is 5.75 Å². The van der Waals surface area contributed by atoms with Crippen molar-refractivity contribution in [1.29, 1.82) is 0 Å². The van der Waals surface area contributed by atoms with Crippen molar-refractivity contribution >= 4 is 5.97 Å². The Kier molecular flexibility index (Phi) is 5.37. The summed E-state index contributed by atoms with van der Waals surface area (Å²) in [5.74, 6) is 0.150. The summed E-state index contributed by atoms with van der Waals surface area (Å²) in [4.78, 5) is 12.3. The summed E-state index contributed by atoms with van der Waals surface area (Å²) in [7, 11) is 0. The van der Waals surface area contributed by atoms with Crippen LogP contribution in [0.2, 0.25) is 0 Å². The van der Waals surface area contributed by atoms with Gasteiger partial charge in [-0.15, -0.1) is 0 Å². The number of hydrogen-bond acceptors (Lipinski definition) is 4. The van der Waals surface area contributed by atoms with E-state index in [0.717, 1.165) is 22.6 Å². The minimum atomic E-state index is -0.392. The van der Waals surface area contributed by atoms with Gasteiger partial charge in [-0.1, -0.05) is 24.3 Å². The average Bonchev–Trinajstić information content (AvgIpc) is 2.99. The van der Waals surface area contributed by atoms with Crippen molar-refractivity contribution < 1.29 is 14.3 Å². The maximum absolute atomic E-state index is 12.3. The Labute approximate surface area is 153 Å². The highest BCUT2D eigenvalue weighted by atomic mass is 16.5. The highest BCUT2D eigenvalue weighted by Crippen LogP contribution is 2.20. The Morgan fingerprint density at radius 1 is 1.08 bits per heavy atom. The number of esters is 1. The first-order valence-electron chi connectivity index (χ1n) is 8.60. The molecule has 0 unspecified atom stereocenters. The lowest BCUT2D eigenvalue weighted by molar-refractivity contribution is 0.0468. The van der Waals surface area contributed by atoms with Crippen LogP contribution in [-0.2, 0) is 11.3 Å². The molecule has 1 aromatic heterocycles. The number of nitrogens with zero attached hydrogens (tertiary/aromatic N) is 2. The monoisotopic (exact) mass is 350 g/mol. The molecule has 0 aliphatic heterocycles. The van der Waals surface area contributed by atoms with E-state index >= 15 is 0 Å². The highest BCUT2D eigenvalue weighted by Gasteiger charge is 2.13. The van der Waals surface area contributed by atoms with E-state index < -0.39 is 5.97 Å². The normalized spacial score (nSPS) is 10.6. The van der Waals surface area contributed by atoms with Gasteiger partial charge in [-0.3, -0.25) is 0 Å². The summed E-state index contributed by atoms with van der Waals surface area (Å²) in [6, 6.07) is 16.9. The zero-order valence-corrected chi connectivity index (χ0v) is 15.2. The summed E-state index contributed by atoms with van der Waals surface area (Å²) in [6.07, 6.45) is 0. The van der Waals surface area contributed by atoms with E-state index in [9.17, 15) is 4.79 Å². The molecule has 0 atom stereocenters. The fourth-order valence-electron chi connectivity index (χ4n) is 2.77. The molecular weight excluding hydrogens is 328 g/mol. The predicted molar refractivity (Wildman–Crippen MR) is 99.8 cm³/mol. The van der Waals surface area contributed by atoms with Gasteiger partial charge in [-0.2, -0.15) is 5.10 Å². The van der Waals surface area contributed by atoms with Gasteiger partial charge in [-0.25, -0.2) is 9.48 Å². The Balaban J connectivity index is 1.67. The van der Waals surface area contributed by atoms with Crippen molar-refractivity contribution in [1.82, 2.24) is 9.78 Å². The van der Waals surface area contributed by atoms with E-state index in [4.69, 9.17) is 9.47 Å². The second kappa shape index (κ2) is 7.87. The number of benzene rings is 2. The smallest absolute Gasteiger partial charge is 0.342 e. The third-order valence-electron chi connectivity index (χ3n) is 3.97. The first-order chi connectivity index (χ1) is 12.6. The Hall–Kier alpha value is -3.08. The second-order valence-electron chi connectivity index (χ2n) is 6.01. The number of aryl methyl sites for hydroxylation is 2. The van der Waals surface area contributed by atoms with Gasteiger partial charge in [-0.05, 0) is 56.7 Å². The quantitative estimate of drug-likeness (QED) is 0.624. The molecule has 3 rings (SSSR count). The maximum atomic E-state index is 12.3. The van der Waals surface area contributed by atoms with Crippen LogP contribution in [0.15, 0.2) is 54.6 Å². The summed E-state index contributed by atoms with van der Waals surface area (Å²) in [5, 5.41) is 4.47. The van der Waals surface area contributed by atoms with Crippen LogP contribution in [0.3, 0.4) is 0 Å². The largest absolute Gasteiger partial charge is 0.493 e. The first kappa shape index (κ1) is 17.7. The lowest BCUT2D eigenvalue weighted by atomic mass is 10.2. The molecule has 1 heterocycles. The Morgan fingerprint density at radius 3 is 2.46 bits per heavy atom. The van der Waals surface area contributed by atoms with E-state index in [1.807, 2.05) is 61.9 Å². The van der Waals surface area contributed by atoms with Gasteiger partial charge in [0.1, 0.15) is 17.9 Å². The number of para-hydroxylation sites is 1. The fraction of sp³-hybridized carbons (Fsp3) is 0.238. The van der Waals surface area contributed by atoms with Gasteiger partial charge >= 0.3 is 5.97 Å². The zero-order valence-electron chi connectivity index (χ0n) is 15.2. The molecule has 0 aliphatic rings. The van der Waals surface area contributed by atoms with Crippen molar-refractivity contribution in [2.75, 3.05) is 6.61 Å². The second-order valence-corrected chi connectivity index (χ2v) is 6.01. The molecule has 0 N–H and O–H groups in total. The van der Waals surface area contributed by atoms with Crippen molar-refractivity contribution in [3.8, 4) is 11.4 Å². The van der Waals surface area contributed by atoms with Crippen LogP contribution < -0.4 is 4.74 Å². The van der Waals surface area contributed by atoms with Crippen molar-refractivity contribution in [3.05, 3.63) is 77.1 Å². The molecule has 0 saturated heterocycles. The molecule has 5 nitrogen and oxygen atoms in total. The third-order valence-corrected chi connectivity index (χ3v) is 3.97. The molecule has 0 fully saturated rings. The SMILES string of the molecule is CCOc1ccccc1C(=O)OCc1ccc(-n2nc(C)cc2C)cc1. The molecule has 0 spiro atoms. The van der Waals surface area contributed by atoms with E-state index in [-0.39, 0.29) is 6.61 Å². The van der Waals surface area contributed by atoms with Crippen LogP contribution in [0.1, 0.15) is 34.2 Å². The number of ether oxygens (including phenoxy) is 2. The molecule has 5 heteroatoms. The number of aromatic nitrogens is 2. The Bertz CT molecular complexity index is 898. The molecule has 134 valence electrons. The molecule has 26 heavy (non-hydrogen) atoms.